The molecule has 2 aromatic rings. The summed E-state index contributed by atoms with van der Waals surface area (Å²) in [6.45, 7) is 0.0481. The Morgan fingerprint density at radius 2 is 2.00 bits per heavy atom. The highest BCUT2D eigenvalue weighted by molar-refractivity contribution is 5.95. The van der Waals surface area contributed by atoms with Crippen LogP contribution < -0.4 is 16.0 Å². The number of anilines is 1. The number of aryl methyl sites for hydroxylation is 1. The Hall–Kier alpha value is -3.11. The van der Waals surface area contributed by atoms with Gasteiger partial charge in [0, 0.05) is 14.1 Å². The van der Waals surface area contributed by atoms with Gasteiger partial charge in [-0.2, -0.15) is 5.10 Å². The predicted octanol–water partition coefficient (Wildman–Crippen LogP) is 0.536. The molecule has 134 valence electrons. The fourth-order valence-electron chi connectivity index (χ4n) is 1.84. The molecule has 0 radical (unpaired) electrons. The van der Waals surface area contributed by atoms with Crippen molar-refractivity contribution in [1.29, 1.82) is 0 Å². The number of nitrogens with one attached hydrogen (secondary N) is 3. The third-order valence-electron chi connectivity index (χ3n) is 3.17. The molecule has 0 saturated heterocycles. The van der Waals surface area contributed by atoms with Crippen molar-refractivity contribution in [2.75, 3.05) is 18.9 Å². The summed E-state index contributed by atoms with van der Waals surface area (Å²) in [5.74, 6) is -4.15. The highest BCUT2D eigenvalue weighted by atomic mass is 19.2. The van der Waals surface area contributed by atoms with E-state index in [0.717, 1.165) is 12.1 Å². The Labute approximate surface area is 141 Å². The van der Waals surface area contributed by atoms with Crippen LogP contribution in [0.1, 0.15) is 5.82 Å². The number of hydrogen-bond acceptors (Lipinski definition) is 4. The summed E-state index contributed by atoms with van der Waals surface area (Å²) in [4.78, 5) is 19.7. The van der Waals surface area contributed by atoms with Crippen molar-refractivity contribution in [3.8, 4) is 0 Å². The topological polar surface area (TPSA) is 96.2 Å². The highest BCUT2D eigenvalue weighted by Gasteiger charge is 2.15. The second-order valence-electron chi connectivity index (χ2n) is 4.85. The standard InChI is InChI=1S/C14H16F3N7O/c1-18-14(19-5-10-21-7-22-24(10)2)20-6-11(25)23-9-4-3-8(15)12(16)13(9)17/h3-4,7H,5-6H2,1-2H3,(H,23,25)(H2,18,19,20). The molecule has 0 bridgehead atoms. The van der Waals surface area contributed by atoms with Crippen molar-refractivity contribution in [3.63, 3.8) is 0 Å². The Bertz CT molecular complexity index is 791. The molecule has 11 heteroatoms. The molecule has 8 nitrogen and oxygen atoms in total. The van der Waals surface area contributed by atoms with Gasteiger partial charge in [0.1, 0.15) is 12.2 Å². The lowest BCUT2D eigenvalue weighted by atomic mass is 10.2. The average Bonchev–Trinajstić information content (AvgIpc) is 3.00. The highest BCUT2D eigenvalue weighted by Crippen LogP contribution is 2.19. The van der Waals surface area contributed by atoms with Crippen molar-refractivity contribution in [3.05, 3.63) is 41.7 Å². The van der Waals surface area contributed by atoms with Crippen LogP contribution in [-0.2, 0) is 18.4 Å². The Balaban J connectivity index is 1.86. The van der Waals surface area contributed by atoms with Gasteiger partial charge in [0.05, 0.1) is 18.8 Å². The minimum atomic E-state index is -1.65. The number of halogens is 3. The fraction of sp³-hybridized carbons (Fsp3) is 0.286. The maximum absolute atomic E-state index is 13.5. The van der Waals surface area contributed by atoms with Crippen LogP contribution >= 0.6 is 0 Å². The zero-order valence-electron chi connectivity index (χ0n) is 13.5. The summed E-state index contributed by atoms with van der Waals surface area (Å²) in [6, 6.07) is 1.66. The van der Waals surface area contributed by atoms with E-state index < -0.39 is 29.0 Å². The van der Waals surface area contributed by atoms with Crippen molar-refractivity contribution in [2.45, 2.75) is 6.54 Å². The number of hydrogen-bond donors (Lipinski definition) is 3. The Morgan fingerprint density at radius 1 is 1.24 bits per heavy atom. The number of nitrogens with zero attached hydrogens (tertiary/aromatic N) is 4. The van der Waals surface area contributed by atoms with Crippen molar-refractivity contribution in [2.24, 2.45) is 12.0 Å². The molecule has 1 aromatic carbocycles. The van der Waals surface area contributed by atoms with Gasteiger partial charge in [-0.15, -0.1) is 0 Å². The smallest absolute Gasteiger partial charge is 0.243 e. The zero-order chi connectivity index (χ0) is 18.4. The van der Waals surface area contributed by atoms with Crippen LogP contribution in [0.2, 0.25) is 0 Å². The number of carbonyl (C=O) groups is 1. The second kappa shape index (κ2) is 8.13. The minimum absolute atomic E-state index is 0.267. The molecule has 0 saturated carbocycles. The summed E-state index contributed by atoms with van der Waals surface area (Å²) in [7, 11) is 3.23. The third kappa shape index (κ3) is 4.68. The van der Waals surface area contributed by atoms with E-state index in [2.05, 4.69) is 31.0 Å². The molecule has 0 aliphatic rings. The van der Waals surface area contributed by atoms with Gasteiger partial charge in [0.2, 0.25) is 5.91 Å². The number of amides is 1. The number of aromatic nitrogens is 3. The molecule has 0 aliphatic carbocycles. The first-order valence-electron chi connectivity index (χ1n) is 7.13. The molecule has 0 unspecified atom stereocenters. The van der Waals surface area contributed by atoms with Gasteiger partial charge in [-0.3, -0.25) is 14.5 Å². The predicted molar refractivity (Wildman–Crippen MR) is 84.2 cm³/mol. The van der Waals surface area contributed by atoms with E-state index in [-0.39, 0.29) is 6.54 Å². The summed E-state index contributed by atoms with van der Waals surface area (Å²) < 4.78 is 41.0. The lowest BCUT2D eigenvalue weighted by Gasteiger charge is -2.12. The SMILES string of the molecule is CN=C(NCC(=O)Nc1ccc(F)c(F)c1F)NCc1ncnn1C. The Kier molecular flexibility index (Phi) is 5.93. The molecule has 0 aliphatic heterocycles. The third-order valence-corrected chi connectivity index (χ3v) is 3.17. The quantitative estimate of drug-likeness (QED) is 0.413. The number of carbonyl (C=O) groups excluding carboxylic acids is 1. The fourth-order valence-corrected chi connectivity index (χ4v) is 1.84. The van der Waals surface area contributed by atoms with E-state index in [1.165, 1.54) is 13.4 Å². The first-order valence-corrected chi connectivity index (χ1v) is 7.13. The van der Waals surface area contributed by atoms with Gasteiger partial charge in [-0.1, -0.05) is 0 Å². The van der Waals surface area contributed by atoms with Gasteiger partial charge in [-0.25, -0.2) is 18.2 Å². The summed E-state index contributed by atoms with van der Waals surface area (Å²) in [5, 5.41) is 11.7. The summed E-state index contributed by atoms with van der Waals surface area (Å²) in [6.07, 6.45) is 1.40. The van der Waals surface area contributed by atoms with Crippen LogP contribution in [0.25, 0.3) is 0 Å². The van der Waals surface area contributed by atoms with Gasteiger partial charge in [0.15, 0.2) is 23.4 Å². The molecule has 1 aromatic heterocycles. The summed E-state index contributed by atoms with van der Waals surface area (Å²) in [5.41, 5.74) is -0.451. The molecule has 3 N–H and O–H groups in total. The summed E-state index contributed by atoms with van der Waals surface area (Å²) >= 11 is 0. The largest absolute Gasteiger partial charge is 0.349 e. The van der Waals surface area contributed by atoms with Crippen LogP contribution in [-0.4, -0.2) is 40.2 Å². The molecule has 25 heavy (non-hydrogen) atoms. The van der Waals surface area contributed by atoms with E-state index in [1.54, 1.807) is 11.7 Å². The molecule has 0 atom stereocenters. The number of rotatable bonds is 5. The number of benzene rings is 1. The molecule has 0 spiro atoms. The van der Waals surface area contributed by atoms with E-state index >= 15 is 0 Å². The minimum Gasteiger partial charge on any atom is -0.349 e. The normalized spacial score (nSPS) is 11.3. The average molecular weight is 355 g/mol. The van der Waals surface area contributed by atoms with Gasteiger partial charge in [-0.05, 0) is 12.1 Å². The lowest BCUT2D eigenvalue weighted by Crippen LogP contribution is -2.41. The second-order valence-corrected chi connectivity index (χ2v) is 4.85. The lowest BCUT2D eigenvalue weighted by molar-refractivity contribution is -0.115. The first kappa shape index (κ1) is 18.2. The van der Waals surface area contributed by atoms with E-state index in [0.29, 0.717) is 18.3 Å². The monoisotopic (exact) mass is 355 g/mol. The first-order chi connectivity index (χ1) is 11.9. The number of guanidine groups is 1. The molecule has 2 rings (SSSR count). The van der Waals surface area contributed by atoms with E-state index in [4.69, 9.17) is 0 Å². The number of aliphatic imine (C=N–C) groups is 1. The van der Waals surface area contributed by atoms with Crippen molar-refractivity contribution < 1.29 is 18.0 Å². The molecule has 0 fully saturated rings. The van der Waals surface area contributed by atoms with Gasteiger partial charge < -0.3 is 16.0 Å². The Morgan fingerprint density at radius 3 is 2.64 bits per heavy atom. The molecule has 1 heterocycles. The van der Waals surface area contributed by atoms with Crippen LogP contribution in [0.5, 0.6) is 0 Å². The maximum atomic E-state index is 13.5. The molecular weight excluding hydrogens is 339 g/mol. The van der Waals surface area contributed by atoms with Crippen molar-refractivity contribution >= 4 is 17.6 Å². The van der Waals surface area contributed by atoms with Gasteiger partial charge >= 0.3 is 0 Å². The zero-order valence-corrected chi connectivity index (χ0v) is 13.5. The van der Waals surface area contributed by atoms with Crippen LogP contribution in [0.4, 0.5) is 18.9 Å². The maximum Gasteiger partial charge on any atom is 0.243 e. The van der Waals surface area contributed by atoms with E-state index in [1.807, 2.05) is 0 Å². The van der Waals surface area contributed by atoms with Crippen molar-refractivity contribution in [1.82, 2.24) is 25.4 Å². The molecular formula is C14H16F3N7O. The van der Waals surface area contributed by atoms with Gasteiger partial charge in [0.25, 0.3) is 0 Å². The van der Waals surface area contributed by atoms with E-state index in [9.17, 15) is 18.0 Å². The van der Waals surface area contributed by atoms with Crippen LogP contribution in [0, 0.1) is 17.5 Å². The molecule has 1 amide bonds. The van der Waals surface area contributed by atoms with Crippen LogP contribution in [0.15, 0.2) is 23.5 Å². The van der Waals surface area contributed by atoms with Crippen LogP contribution in [0.3, 0.4) is 0 Å².